The maximum absolute atomic E-state index is 5.47. The minimum Gasteiger partial charge on any atom is -0.362 e. The van der Waals surface area contributed by atoms with Crippen LogP contribution in [0.5, 0.6) is 0 Å². The number of nitrogen functional groups attached to an aromatic ring is 1. The van der Waals surface area contributed by atoms with Gasteiger partial charge in [-0.2, -0.15) is 0 Å². The monoisotopic (exact) mass is 262 g/mol. The van der Waals surface area contributed by atoms with Gasteiger partial charge in [-0.05, 0) is 19.3 Å². The Morgan fingerprint density at radius 3 is 2.53 bits per heavy atom. The smallest absolute Gasteiger partial charge is 0.180 e. The maximum atomic E-state index is 5.47. The Balaban J connectivity index is 2.46. The van der Waals surface area contributed by atoms with Gasteiger partial charge in [0.25, 0.3) is 0 Å². The average molecular weight is 262 g/mol. The molecule has 2 heterocycles. The van der Waals surface area contributed by atoms with Gasteiger partial charge >= 0.3 is 0 Å². The Kier molecular flexibility index (Phi) is 3.90. The minimum absolute atomic E-state index is 0.0483. The second-order valence-corrected chi connectivity index (χ2v) is 4.74. The fourth-order valence-corrected chi connectivity index (χ4v) is 2.35. The topological polar surface area (TPSA) is 80.3 Å². The summed E-state index contributed by atoms with van der Waals surface area (Å²) < 4.78 is 1.91. The summed E-state index contributed by atoms with van der Waals surface area (Å²) in [4.78, 5) is 8.84. The van der Waals surface area contributed by atoms with Crippen LogP contribution in [0.4, 0.5) is 11.6 Å². The van der Waals surface area contributed by atoms with Crippen molar-refractivity contribution >= 4 is 17.3 Å². The highest BCUT2D eigenvalue weighted by Crippen LogP contribution is 2.27. The van der Waals surface area contributed by atoms with Crippen LogP contribution in [0.15, 0.2) is 18.6 Å². The van der Waals surface area contributed by atoms with Crippen molar-refractivity contribution in [3.05, 3.63) is 18.6 Å². The van der Waals surface area contributed by atoms with Crippen molar-refractivity contribution in [3.63, 3.8) is 0 Å². The number of nitrogens with one attached hydrogen (secondary N) is 2. The van der Waals surface area contributed by atoms with Crippen LogP contribution in [0.2, 0.25) is 0 Å². The van der Waals surface area contributed by atoms with E-state index in [1.807, 2.05) is 16.8 Å². The van der Waals surface area contributed by atoms with Crippen LogP contribution in [-0.4, -0.2) is 19.9 Å². The molecule has 2 aromatic rings. The predicted molar refractivity (Wildman–Crippen MR) is 78.0 cm³/mol. The van der Waals surface area contributed by atoms with Crippen LogP contribution in [0.1, 0.15) is 40.0 Å². The number of hydrogen-bond acceptors (Lipinski definition) is 5. The van der Waals surface area contributed by atoms with Crippen molar-refractivity contribution in [2.24, 2.45) is 5.84 Å². The van der Waals surface area contributed by atoms with Crippen molar-refractivity contribution in [2.75, 3.05) is 10.7 Å². The van der Waals surface area contributed by atoms with Gasteiger partial charge in [0.1, 0.15) is 0 Å². The number of aromatic nitrogens is 3. The van der Waals surface area contributed by atoms with Gasteiger partial charge in [0.15, 0.2) is 17.3 Å². The molecule has 0 amide bonds. The molecule has 0 bridgehead atoms. The van der Waals surface area contributed by atoms with E-state index in [2.05, 4.69) is 41.5 Å². The van der Waals surface area contributed by atoms with Gasteiger partial charge in [0.05, 0.1) is 6.20 Å². The van der Waals surface area contributed by atoms with E-state index >= 15 is 0 Å². The molecule has 4 N–H and O–H groups in total. The van der Waals surface area contributed by atoms with Crippen LogP contribution in [0.25, 0.3) is 5.65 Å². The Morgan fingerprint density at radius 1 is 1.26 bits per heavy atom. The van der Waals surface area contributed by atoms with Crippen molar-refractivity contribution in [1.29, 1.82) is 0 Å². The summed E-state index contributed by atoms with van der Waals surface area (Å²) >= 11 is 0. The van der Waals surface area contributed by atoms with Crippen molar-refractivity contribution in [3.8, 4) is 0 Å². The first kappa shape index (κ1) is 13.6. The molecular weight excluding hydrogens is 240 g/mol. The molecule has 6 heteroatoms. The van der Waals surface area contributed by atoms with E-state index < -0.39 is 0 Å². The molecule has 0 aliphatic rings. The summed E-state index contributed by atoms with van der Waals surface area (Å²) in [6, 6.07) is 0. The molecule has 104 valence electrons. The van der Waals surface area contributed by atoms with Crippen LogP contribution in [0.3, 0.4) is 0 Å². The standard InChI is InChI=1S/C13H22N6/c1-4-13(5-2,6-3)17-11-12-15-7-8-19(12)9-10(16-11)18-14/h7-9,18H,4-6,14H2,1-3H3,(H,16,17). The molecule has 0 fully saturated rings. The highest BCUT2D eigenvalue weighted by Gasteiger charge is 2.25. The van der Waals surface area contributed by atoms with E-state index in [1.165, 1.54) is 0 Å². The molecule has 0 spiro atoms. The summed E-state index contributed by atoms with van der Waals surface area (Å²) in [5.41, 5.74) is 3.46. The summed E-state index contributed by atoms with van der Waals surface area (Å²) in [5.74, 6) is 6.85. The normalized spacial score (nSPS) is 11.8. The first-order valence-electron chi connectivity index (χ1n) is 6.76. The zero-order chi connectivity index (χ0) is 13.9. The number of hydrogen-bond donors (Lipinski definition) is 3. The molecule has 0 unspecified atom stereocenters. The van der Waals surface area contributed by atoms with Crippen LogP contribution in [-0.2, 0) is 0 Å². The molecule has 2 aromatic heterocycles. The fraction of sp³-hybridized carbons (Fsp3) is 0.538. The SMILES string of the molecule is CCC(CC)(CC)Nc1nc(NN)cn2ccnc12. The van der Waals surface area contributed by atoms with Gasteiger partial charge < -0.3 is 15.1 Å². The molecule has 0 saturated carbocycles. The summed E-state index contributed by atoms with van der Waals surface area (Å²) in [5, 5.41) is 3.56. The number of rotatable bonds is 6. The second-order valence-electron chi connectivity index (χ2n) is 4.74. The van der Waals surface area contributed by atoms with Crippen LogP contribution < -0.4 is 16.6 Å². The molecule has 2 rings (SSSR count). The van der Waals surface area contributed by atoms with E-state index in [-0.39, 0.29) is 5.54 Å². The number of nitrogens with two attached hydrogens (primary N) is 1. The van der Waals surface area contributed by atoms with Gasteiger partial charge in [-0.3, -0.25) is 0 Å². The van der Waals surface area contributed by atoms with Gasteiger partial charge in [0, 0.05) is 17.9 Å². The molecule has 6 nitrogen and oxygen atoms in total. The van der Waals surface area contributed by atoms with Gasteiger partial charge in [-0.15, -0.1) is 0 Å². The van der Waals surface area contributed by atoms with Crippen molar-refractivity contribution in [2.45, 2.75) is 45.6 Å². The molecule has 0 atom stereocenters. The Bertz CT molecular complexity index is 535. The average Bonchev–Trinajstić information content (AvgIpc) is 2.93. The lowest BCUT2D eigenvalue weighted by Gasteiger charge is -2.32. The minimum atomic E-state index is 0.0483. The number of imidazole rings is 1. The van der Waals surface area contributed by atoms with Gasteiger partial charge in [-0.1, -0.05) is 20.8 Å². The van der Waals surface area contributed by atoms with Crippen LogP contribution in [0, 0.1) is 0 Å². The number of fused-ring (bicyclic) bond motifs is 1. The second kappa shape index (κ2) is 5.44. The lowest BCUT2D eigenvalue weighted by molar-refractivity contribution is 0.419. The third-order valence-electron chi connectivity index (χ3n) is 3.94. The maximum Gasteiger partial charge on any atom is 0.180 e. The molecule has 0 aromatic carbocycles. The first-order chi connectivity index (χ1) is 9.18. The highest BCUT2D eigenvalue weighted by atomic mass is 15.3. The first-order valence-corrected chi connectivity index (χ1v) is 6.76. The number of anilines is 2. The van der Waals surface area contributed by atoms with E-state index in [4.69, 9.17) is 5.84 Å². The van der Waals surface area contributed by atoms with Gasteiger partial charge in [0.2, 0.25) is 0 Å². The van der Waals surface area contributed by atoms with Crippen LogP contribution >= 0.6 is 0 Å². The zero-order valence-electron chi connectivity index (χ0n) is 11.8. The van der Waals surface area contributed by atoms with Crippen molar-refractivity contribution < 1.29 is 0 Å². The molecule has 19 heavy (non-hydrogen) atoms. The number of nitrogens with zero attached hydrogens (tertiary/aromatic N) is 3. The van der Waals surface area contributed by atoms with E-state index in [0.717, 1.165) is 30.7 Å². The lowest BCUT2D eigenvalue weighted by atomic mass is 9.90. The van der Waals surface area contributed by atoms with E-state index in [9.17, 15) is 0 Å². The Morgan fingerprint density at radius 2 is 1.95 bits per heavy atom. The van der Waals surface area contributed by atoms with E-state index in [1.54, 1.807) is 6.20 Å². The molecule has 0 aliphatic carbocycles. The summed E-state index contributed by atoms with van der Waals surface area (Å²) in [6.07, 6.45) is 8.57. The predicted octanol–water partition coefficient (Wildman–Crippen LogP) is 2.40. The molecule has 0 aliphatic heterocycles. The highest BCUT2D eigenvalue weighted by molar-refractivity contribution is 5.66. The third kappa shape index (κ3) is 2.49. The molecule has 0 radical (unpaired) electrons. The van der Waals surface area contributed by atoms with Gasteiger partial charge in [-0.25, -0.2) is 15.8 Å². The van der Waals surface area contributed by atoms with E-state index in [0.29, 0.717) is 5.82 Å². The summed E-state index contributed by atoms with van der Waals surface area (Å²) in [7, 11) is 0. The lowest BCUT2D eigenvalue weighted by Crippen LogP contribution is -2.36. The van der Waals surface area contributed by atoms with Crippen molar-refractivity contribution in [1.82, 2.24) is 14.4 Å². The fourth-order valence-electron chi connectivity index (χ4n) is 2.35. The third-order valence-corrected chi connectivity index (χ3v) is 3.94. The largest absolute Gasteiger partial charge is 0.362 e. The number of hydrazine groups is 1. The quantitative estimate of drug-likeness (QED) is 0.550. The Hall–Kier alpha value is -1.82. The Labute approximate surface area is 113 Å². The molecule has 0 saturated heterocycles. The summed E-state index contributed by atoms with van der Waals surface area (Å²) in [6.45, 7) is 6.56. The molecular formula is C13H22N6. The zero-order valence-corrected chi connectivity index (χ0v) is 11.8.